The molecule has 15 heavy (non-hydrogen) atoms. The Morgan fingerprint density at radius 3 is 2.47 bits per heavy atom. The normalized spacial score (nSPS) is 12.0. The minimum atomic E-state index is -3.42. The Morgan fingerprint density at radius 1 is 1.47 bits per heavy atom. The molecule has 0 fully saturated rings. The molecule has 0 atom stereocenters. The average molecular weight is 233 g/mol. The summed E-state index contributed by atoms with van der Waals surface area (Å²) in [6, 6.07) is 0. The molecule has 88 valence electrons. The van der Waals surface area contributed by atoms with Crippen LogP contribution in [0.15, 0.2) is 0 Å². The summed E-state index contributed by atoms with van der Waals surface area (Å²) in [5, 5.41) is 0. The van der Waals surface area contributed by atoms with Crippen LogP contribution in [0.3, 0.4) is 0 Å². The second-order valence-electron chi connectivity index (χ2n) is 3.10. The van der Waals surface area contributed by atoms with E-state index in [1.165, 1.54) is 15.7 Å². The molecular weight excluding hydrogens is 214 g/mol. The fourth-order valence-electron chi connectivity index (χ4n) is 1.08. The van der Waals surface area contributed by atoms with Crippen LogP contribution in [0.5, 0.6) is 0 Å². The van der Waals surface area contributed by atoms with Crippen molar-refractivity contribution in [3.05, 3.63) is 0 Å². The third-order valence-electron chi connectivity index (χ3n) is 2.02. The van der Waals surface area contributed by atoms with Gasteiger partial charge >= 0.3 is 0 Å². The van der Waals surface area contributed by atoms with E-state index in [0.717, 1.165) is 0 Å². The number of terminal acetylenes is 1. The third-order valence-corrected chi connectivity index (χ3v) is 4.03. The molecule has 0 amide bonds. The maximum absolute atomic E-state index is 11.9. The Kier molecular flexibility index (Phi) is 6.52. The molecule has 0 aliphatic rings. The molecule has 0 aliphatic heterocycles. The van der Waals surface area contributed by atoms with Gasteiger partial charge in [-0.15, -0.1) is 6.42 Å². The van der Waals surface area contributed by atoms with Crippen molar-refractivity contribution < 1.29 is 8.42 Å². The molecule has 0 heterocycles. The SMILES string of the molecule is C#CCN(CC)S(=O)(=O)N(C)CCCN. The van der Waals surface area contributed by atoms with Crippen molar-refractivity contribution in [3.8, 4) is 12.3 Å². The van der Waals surface area contributed by atoms with Crippen molar-refractivity contribution in [3.63, 3.8) is 0 Å². The summed E-state index contributed by atoms with van der Waals surface area (Å²) in [6.45, 7) is 3.12. The van der Waals surface area contributed by atoms with E-state index >= 15 is 0 Å². The minimum absolute atomic E-state index is 0.103. The van der Waals surface area contributed by atoms with Gasteiger partial charge in [0, 0.05) is 20.1 Å². The van der Waals surface area contributed by atoms with Gasteiger partial charge in [0.05, 0.1) is 6.54 Å². The first-order valence-corrected chi connectivity index (χ1v) is 6.25. The maximum Gasteiger partial charge on any atom is 0.282 e. The molecule has 0 bridgehead atoms. The smallest absolute Gasteiger partial charge is 0.282 e. The number of nitrogens with two attached hydrogens (primary N) is 1. The molecular formula is C9H19N3O2S. The number of rotatable bonds is 7. The fourth-order valence-corrected chi connectivity index (χ4v) is 2.40. The first kappa shape index (κ1) is 14.4. The molecule has 0 rings (SSSR count). The summed E-state index contributed by atoms with van der Waals surface area (Å²) in [4.78, 5) is 0. The van der Waals surface area contributed by atoms with E-state index < -0.39 is 10.2 Å². The average Bonchev–Trinajstić information content (AvgIpc) is 2.21. The van der Waals surface area contributed by atoms with Gasteiger partial charge in [-0.25, -0.2) is 0 Å². The van der Waals surface area contributed by atoms with E-state index in [1.807, 2.05) is 0 Å². The van der Waals surface area contributed by atoms with Crippen molar-refractivity contribution in [2.24, 2.45) is 5.73 Å². The van der Waals surface area contributed by atoms with Crippen molar-refractivity contribution in [1.29, 1.82) is 0 Å². The lowest BCUT2D eigenvalue weighted by atomic mass is 10.4. The van der Waals surface area contributed by atoms with Gasteiger partial charge in [-0.3, -0.25) is 0 Å². The van der Waals surface area contributed by atoms with Gasteiger partial charge in [0.25, 0.3) is 10.2 Å². The van der Waals surface area contributed by atoms with Crippen molar-refractivity contribution in [2.75, 3.05) is 33.2 Å². The van der Waals surface area contributed by atoms with Crippen LogP contribution in [0.2, 0.25) is 0 Å². The van der Waals surface area contributed by atoms with Crippen LogP contribution < -0.4 is 5.73 Å². The molecule has 0 aromatic heterocycles. The van der Waals surface area contributed by atoms with Gasteiger partial charge in [-0.2, -0.15) is 17.0 Å². The van der Waals surface area contributed by atoms with Gasteiger partial charge in [-0.05, 0) is 13.0 Å². The molecule has 5 nitrogen and oxygen atoms in total. The van der Waals surface area contributed by atoms with Crippen LogP contribution in [-0.2, 0) is 10.2 Å². The summed E-state index contributed by atoms with van der Waals surface area (Å²) < 4.78 is 26.3. The van der Waals surface area contributed by atoms with Gasteiger partial charge in [-0.1, -0.05) is 12.8 Å². The maximum atomic E-state index is 11.9. The van der Waals surface area contributed by atoms with Crippen LogP contribution in [0.1, 0.15) is 13.3 Å². The van der Waals surface area contributed by atoms with Crippen LogP contribution >= 0.6 is 0 Å². The molecule has 6 heteroatoms. The van der Waals surface area contributed by atoms with E-state index in [-0.39, 0.29) is 6.54 Å². The highest BCUT2D eigenvalue weighted by Crippen LogP contribution is 2.05. The second-order valence-corrected chi connectivity index (χ2v) is 5.14. The predicted molar refractivity (Wildman–Crippen MR) is 61.3 cm³/mol. The molecule has 0 unspecified atom stereocenters. The highest BCUT2D eigenvalue weighted by molar-refractivity contribution is 7.86. The molecule has 0 saturated carbocycles. The van der Waals surface area contributed by atoms with E-state index in [0.29, 0.717) is 26.1 Å². The molecule has 2 N–H and O–H groups in total. The highest BCUT2D eigenvalue weighted by Gasteiger charge is 2.24. The predicted octanol–water partition coefficient (Wildman–Crippen LogP) is -0.533. The lowest BCUT2D eigenvalue weighted by molar-refractivity contribution is 0.386. The number of nitrogens with zero attached hydrogens (tertiary/aromatic N) is 2. The summed E-state index contributed by atoms with van der Waals surface area (Å²) in [6.07, 6.45) is 5.75. The molecule has 0 aromatic carbocycles. The fraction of sp³-hybridized carbons (Fsp3) is 0.778. The lowest BCUT2D eigenvalue weighted by Crippen LogP contribution is -2.42. The molecule has 0 aliphatic carbocycles. The molecule has 0 radical (unpaired) electrons. The Balaban J connectivity index is 4.56. The lowest BCUT2D eigenvalue weighted by Gasteiger charge is -2.24. The second kappa shape index (κ2) is 6.80. The van der Waals surface area contributed by atoms with Crippen molar-refractivity contribution in [1.82, 2.24) is 8.61 Å². The largest absolute Gasteiger partial charge is 0.330 e. The summed E-state index contributed by atoms with van der Waals surface area (Å²) >= 11 is 0. The third kappa shape index (κ3) is 4.18. The van der Waals surface area contributed by atoms with Gasteiger partial charge < -0.3 is 5.73 Å². The zero-order chi connectivity index (χ0) is 11.9. The summed E-state index contributed by atoms with van der Waals surface area (Å²) in [5.74, 6) is 2.33. The number of hydrogen-bond acceptors (Lipinski definition) is 3. The van der Waals surface area contributed by atoms with Crippen LogP contribution in [0, 0.1) is 12.3 Å². The zero-order valence-corrected chi connectivity index (χ0v) is 10.1. The standard InChI is InChI=1S/C9H19N3O2S/c1-4-8-12(5-2)15(13,14)11(3)9-6-7-10/h1H,5-10H2,2-3H3. The quantitative estimate of drug-likeness (QED) is 0.601. The van der Waals surface area contributed by atoms with Crippen LogP contribution in [0.4, 0.5) is 0 Å². The monoisotopic (exact) mass is 233 g/mol. The van der Waals surface area contributed by atoms with E-state index in [1.54, 1.807) is 6.92 Å². The van der Waals surface area contributed by atoms with E-state index in [9.17, 15) is 8.42 Å². The number of hydrogen-bond donors (Lipinski definition) is 1. The van der Waals surface area contributed by atoms with Gasteiger partial charge in [0.2, 0.25) is 0 Å². The van der Waals surface area contributed by atoms with E-state index in [4.69, 9.17) is 12.2 Å². The summed E-state index contributed by atoms with van der Waals surface area (Å²) in [7, 11) is -1.89. The van der Waals surface area contributed by atoms with Crippen LogP contribution in [-0.4, -0.2) is 50.3 Å². The molecule has 0 aromatic rings. The van der Waals surface area contributed by atoms with Crippen LogP contribution in [0.25, 0.3) is 0 Å². The zero-order valence-electron chi connectivity index (χ0n) is 9.31. The first-order chi connectivity index (χ1) is 7.00. The summed E-state index contributed by atoms with van der Waals surface area (Å²) in [5.41, 5.74) is 5.32. The topological polar surface area (TPSA) is 66.6 Å². The Morgan fingerprint density at radius 2 is 2.07 bits per heavy atom. The molecule has 0 spiro atoms. The van der Waals surface area contributed by atoms with Gasteiger partial charge in [0.15, 0.2) is 0 Å². The van der Waals surface area contributed by atoms with Crippen molar-refractivity contribution >= 4 is 10.2 Å². The molecule has 0 saturated heterocycles. The van der Waals surface area contributed by atoms with E-state index in [2.05, 4.69) is 5.92 Å². The minimum Gasteiger partial charge on any atom is -0.330 e. The Hall–Kier alpha value is -0.610. The van der Waals surface area contributed by atoms with Crippen molar-refractivity contribution in [2.45, 2.75) is 13.3 Å². The Labute approximate surface area is 92.4 Å². The first-order valence-electron chi connectivity index (χ1n) is 4.85. The highest BCUT2D eigenvalue weighted by atomic mass is 32.2. The van der Waals surface area contributed by atoms with Gasteiger partial charge in [0.1, 0.15) is 0 Å². The Bertz CT molecular complexity index is 308.